The minimum atomic E-state index is -0.719. The van der Waals surface area contributed by atoms with Crippen LogP contribution in [0.5, 0.6) is 0 Å². The molecule has 0 spiro atoms. The number of nitrogens with zero attached hydrogens (tertiary/aromatic N) is 1. The fourth-order valence-electron chi connectivity index (χ4n) is 1.49. The zero-order valence-corrected chi connectivity index (χ0v) is 9.70. The molecule has 19 heavy (non-hydrogen) atoms. The van der Waals surface area contributed by atoms with Gasteiger partial charge in [0.2, 0.25) is 0 Å². The van der Waals surface area contributed by atoms with Crippen molar-refractivity contribution in [2.45, 2.75) is 6.61 Å². The normalized spacial score (nSPS) is 10.2. The Morgan fingerprint density at radius 2 is 2.16 bits per heavy atom. The van der Waals surface area contributed by atoms with Gasteiger partial charge in [0.1, 0.15) is 4.92 Å². The van der Waals surface area contributed by atoms with Crippen LogP contribution < -0.4 is 5.32 Å². The van der Waals surface area contributed by atoms with Crippen LogP contribution in [-0.4, -0.2) is 15.9 Å². The number of furan rings is 1. The van der Waals surface area contributed by atoms with Crippen LogP contribution in [0.15, 0.2) is 40.8 Å². The van der Waals surface area contributed by atoms with E-state index >= 15 is 0 Å². The highest BCUT2D eigenvalue weighted by atomic mass is 16.6. The van der Waals surface area contributed by atoms with Gasteiger partial charge in [-0.2, -0.15) is 0 Å². The fraction of sp³-hybridized carbons (Fsp3) is 0.0833. The number of amides is 1. The molecule has 2 rings (SSSR count). The van der Waals surface area contributed by atoms with E-state index in [0.29, 0.717) is 11.3 Å². The van der Waals surface area contributed by atoms with Gasteiger partial charge >= 0.3 is 5.88 Å². The van der Waals surface area contributed by atoms with E-state index in [4.69, 9.17) is 9.52 Å². The van der Waals surface area contributed by atoms with E-state index in [1.807, 2.05) is 0 Å². The number of nitro groups is 1. The summed E-state index contributed by atoms with van der Waals surface area (Å²) in [6, 6.07) is 8.94. The molecule has 0 unspecified atom stereocenters. The smallest absolute Gasteiger partial charge is 0.395 e. The lowest BCUT2D eigenvalue weighted by Crippen LogP contribution is -2.11. The van der Waals surface area contributed by atoms with Gasteiger partial charge in [-0.3, -0.25) is 14.9 Å². The first-order chi connectivity index (χ1) is 9.10. The van der Waals surface area contributed by atoms with Crippen molar-refractivity contribution in [3.63, 3.8) is 0 Å². The first kappa shape index (κ1) is 12.8. The summed E-state index contributed by atoms with van der Waals surface area (Å²) in [5, 5.41) is 21.9. The zero-order chi connectivity index (χ0) is 13.8. The summed E-state index contributed by atoms with van der Waals surface area (Å²) >= 11 is 0. The second kappa shape index (κ2) is 5.32. The van der Waals surface area contributed by atoms with Crippen molar-refractivity contribution in [3.05, 3.63) is 57.8 Å². The number of carbonyl (C=O) groups is 1. The summed E-state index contributed by atoms with van der Waals surface area (Å²) < 4.78 is 4.78. The average Bonchev–Trinajstić information content (AvgIpc) is 2.89. The predicted molar refractivity (Wildman–Crippen MR) is 65.7 cm³/mol. The van der Waals surface area contributed by atoms with Crippen LogP contribution >= 0.6 is 0 Å². The molecule has 1 heterocycles. The topological polar surface area (TPSA) is 106 Å². The number of aliphatic hydroxyl groups is 1. The minimum absolute atomic E-state index is 0.143. The van der Waals surface area contributed by atoms with Gasteiger partial charge in [-0.05, 0) is 23.8 Å². The Hall–Kier alpha value is -2.67. The maximum atomic E-state index is 11.8. The lowest BCUT2D eigenvalue weighted by atomic mass is 10.2. The van der Waals surface area contributed by atoms with Crippen molar-refractivity contribution in [2.24, 2.45) is 0 Å². The number of nitrogens with one attached hydrogen (secondary N) is 1. The van der Waals surface area contributed by atoms with Crippen LogP contribution in [0.2, 0.25) is 0 Å². The molecule has 2 aromatic rings. The van der Waals surface area contributed by atoms with Crippen molar-refractivity contribution in [1.82, 2.24) is 0 Å². The minimum Gasteiger partial charge on any atom is -0.395 e. The third-order valence-corrected chi connectivity index (χ3v) is 2.36. The number of hydrogen-bond donors (Lipinski definition) is 2. The van der Waals surface area contributed by atoms with E-state index in [1.165, 1.54) is 6.07 Å². The van der Waals surface area contributed by atoms with Crippen molar-refractivity contribution < 1.29 is 19.2 Å². The maximum Gasteiger partial charge on any atom is 0.433 e. The summed E-state index contributed by atoms with van der Waals surface area (Å²) in [5.74, 6) is -1.24. The summed E-state index contributed by atoms with van der Waals surface area (Å²) in [6.45, 7) is -0.143. The largest absolute Gasteiger partial charge is 0.433 e. The molecule has 0 aliphatic rings. The average molecular weight is 262 g/mol. The zero-order valence-electron chi connectivity index (χ0n) is 9.70. The van der Waals surface area contributed by atoms with Gasteiger partial charge < -0.3 is 14.8 Å². The van der Waals surface area contributed by atoms with Gasteiger partial charge in [-0.25, -0.2) is 0 Å². The second-order valence-electron chi connectivity index (χ2n) is 3.71. The number of aliphatic hydroxyl groups excluding tert-OH is 1. The van der Waals surface area contributed by atoms with Gasteiger partial charge in [0.05, 0.1) is 12.7 Å². The number of carbonyl (C=O) groups excluding carboxylic acids is 1. The lowest BCUT2D eigenvalue weighted by molar-refractivity contribution is -0.402. The SMILES string of the molecule is O=C(Nc1cccc(CO)c1)c1ccc([N+](=O)[O-])o1. The van der Waals surface area contributed by atoms with Gasteiger partial charge in [0, 0.05) is 5.69 Å². The highest BCUT2D eigenvalue weighted by Gasteiger charge is 2.17. The summed E-state index contributed by atoms with van der Waals surface area (Å²) in [5.41, 5.74) is 1.11. The lowest BCUT2D eigenvalue weighted by Gasteiger charge is -2.04. The molecular formula is C12H10N2O5. The number of rotatable bonds is 4. The van der Waals surface area contributed by atoms with Crippen LogP contribution in [0, 0.1) is 10.1 Å². The maximum absolute atomic E-state index is 11.8. The molecule has 1 aromatic heterocycles. The molecule has 7 nitrogen and oxygen atoms in total. The summed E-state index contributed by atoms with van der Waals surface area (Å²) in [4.78, 5) is 21.5. The standard InChI is InChI=1S/C12H10N2O5/c15-7-8-2-1-3-9(6-8)13-12(16)10-4-5-11(19-10)14(17)18/h1-6,15H,7H2,(H,13,16). The number of anilines is 1. The summed E-state index contributed by atoms with van der Waals surface area (Å²) in [7, 11) is 0. The number of hydrogen-bond acceptors (Lipinski definition) is 5. The molecule has 7 heteroatoms. The van der Waals surface area contributed by atoms with E-state index in [2.05, 4.69) is 5.32 Å². The van der Waals surface area contributed by atoms with E-state index in [0.717, 1.165) is 6.07 Å². The van der Waals surface area contributed by atoms with Crippen molar-refractivity contribution >= 4 is 17.5 Å². The number of benzene rings is 1. The quantitative estimate of drug-likeness (QED) is 0.646. The van der Waals surface area contributed by atoms with E-state index in [9.17, 15) is 14.9 Å². The van der Waals surface area contributed by atoms with E-state index in [-0.39, 0.29) is 12.4 Å². The summed E-state index contributed by atoms with van der Waals surface area (Å²) in [6.07, 6.45) is 0. The van der Waals surface area contributed by atoms with Crippen molar-refractivity contribution in [2.75, 3.05) is 5.32 Å². The van der Waals surface area contributed by atoms with Gasteiger partial charge in [-0.1, -0.05) is 12.1 Å². The van der Waals surface area contributed by atoms with Crippen LogP contribution in [0.3, 0.4) is 0 Å². The Bertz CT molecular complexity index is 620. The van der Waals surface area contributed by atoms with Gasteiger partial charge in [-0.15, -0.1) is 0 Å². The van der Waals surface area contributed by atoms with Crippen LogP contribution in [0.25, 0.3) is 0 Å². The van der Waals surface area contributed by atoms with Gasteiger partial charge in [0.15, 0.2) is 5.76 Å². The third-order valence-electron chi connectivity index (χ3n) is 2.36. The molecule has 0 atom stereocenters. The Kier molecular flexibility index (Phi) is 3.58. The Morgan fingerprint density at radius 1 is 1.37 bits per heavy atom. The predicted octanol–water partition coefficient (Wildman–Crippen LogP) is 1.93. The fourth-order valence-corrected chi connectivity index (χ4v) is 1.49. The van der Waals surface area contributed by atoms with Crippen LogP contribution in [0.4, 0.5) is 11.6 Å². The Labute approximate surface area is 107 Å². The second-order valence-corrected chi connectivity index (χ2v) is 3.71. The molecule has 0 radical (unpaired) electrons. The van der Waals surface area contributed by atoms with Crippen LogP contribution in [-0.2, 0) is 6.61 Å². The molecule has 98 valence electrons. The molecule has 0 aliphatic carbocycles. The highest BCUT2D eigenvalue weighted by Crippen LogP contribution is 2.17. The van der Waals surface area contributed by atoms with Crippen molar-refractivity contribution in [1.29, 1.82) is 0 Å². The molecule has 0 aliphatic heterocycles. The van der Waals surface area contributed by atoms with E-state index in [1.54, 1.807) is 24.3 Å². The molecular weight excluding hydrogens is 252 g/mol. The molecule has 2 N–H and O–H groups in total. The molecule has 0 saturated carbocycles. The van der Waals surface area contributed by atoms with Crippen molar-refractivity contribution in [3.8, 4) is 0 Å². The van der Waals surface area contributed by atoms with Gasteiger partial charge in [0.25, 0.3) is 5.91 Å². The molecule has 0 bridgehead atoms. The molecule has 0 saturated heterocycles. The monoisotopic (exact) mass is 262 g/mol. The molecule has 1 amide bonds. The first-order valence-corrected chi connectivity index (χ1v) is 5.35. The third kappa shape index (κ3) is 2.96. The highest BCUT2D eigenvalue weighted by molar-refractivity contribution is 6.02. The Morgan fingerprint density at radius 3 is 2.79 bits per heavy atom. The van der Waals surface area contributed by atoms with Crippen LogP contribution in [0.1, 0.15) is 16.1 Å². The molecule has 1 aromatic carbocycles. The first-order valence-electron chi connectivity index (χ1n) is 5.35. The molecule has 0 fully saturated rings. The van der Waals surface area contributed by atoms with E-state index < -0.39 is 16.7 Å². The Balaban J connectivity index is 2.13.